The van der Waals surface area contributed by atoms with Crippen LogP contribution in [0.2, 0.25) is 5.02 Å². The standard InChI is InChI=1S/C27H21ClF4N4O/c28-19-8-10-20(11-9-19)36-25(17-24(33-36)22-6-1-2-7-23(22)29)26(37)35-14-12-34(13-15-35)21-5-3-4-18(16-21)27(30,31)32/h1-11,16-17H,12-15H2. The molecule has 1 fully saturated rings. The van der Waals surface area contributed by atoms with E-state index in [2.05, 4.69) is 5.10 Å². The highest BCUT2D eigenvalue weighted by Crippen LogP contribution is 2.32. The molecule has 37 heavy (non-hydrogen) atoms. The third-order valence-electron chi connectivity index (χ3n) is 6.25. The number of benzene rings is 3. The molecule has 10 heteroatoms. The van der Waals surface area contributed by atoms with Gasteiger partial charge < -0.3 is 9.80 Å². The highest BCUT2D eigenvalue weighted by atomic mass is 35.5. The number of rotatable bonds is 4. The van der Waals surface area contributed by atoms with Crippen LogP contribution in [0, 0.1) is 5.82 Å². The molecule has 1 saturated heterocycles. The summed E-state index contributed by atoms with van der Waals surface area (Å²) in [5.41, 5.74) is 1.13. The summed E-state index contributed by atoms with van der Waals surface area (Å²) in [5, 5.41) is 5.04. The van der Waals surface area contributed by atoms with Gasteiger partial charge in [0.25, 0.3) is 5.91 Å². The molecule has 0 atom stereocenters. The monoisotopic (exact) mass is 528 g/mol. The number of hydrogen-bond acceptors (Lipinski definition) is 3. The lowest BCUT2D eigenvalue weighted by molar-refractivity contribution is -0.137. The van der Waals surface area contributed by atoms with Gasteiger partial charge in [-0.3, -0.25) is 4.79 Å². The van der Waals surface area contributed by atoms with Crippen LogP contribution in [0.4, 0.5) is 23.2 Å². The fourth-order valence-electron chi connectivity index (χ4n) is 4.32. The van der Waals surface area contributed by atoms with Gasteiger partial charge in [0.15, 0.2) is 0 Å². The van der Waals surface area contributed by atoms with E-state index in [0.29, 0.717) is 48.3 Å². The van der Waals surface area contributed by atoms with Crippen molar-refractivity contribution in [1.82, 2.24) is 14.7 Å². The van der Waals surface area contributed by atoms with Gasteiger partial charge in [-0.1, -0.05) is 29.8 Å². The molecule has 3 aromatic carbocycles. The third-order valence-corrected chi connectivity index (χ3v) is 6.51. The summed E-state index contributed by atoms with van der Waals surface area (Å²) in [6, 6.07) is 19.7. The van der Waals surface area contributed by atoms with Crippen molar-refractivity contribution in [3.8, 4) is 16.9 Å². The van der Waals surface area contributed by atoms with Crippen molar-refractivity contribution in [1.29, 1.82) is 0 Å². The number of alkyl halides is 3. The molecule has 1 aromatic heterocycles. The van der Waals surface area contributed by atoms with Gasteiger partial charge in [0.1, 0.15) is 11.5 Å². The third kappa shape index (κ3) is 5.17. The lowest BCUT2D eigenvalue weighted by Gasteiger charge is -2.36. The maximum absolute atomic E-state index is 14.5. The fourth-order valence-corrected chi connectivity index (χ4v) is 4.45. The van der Waals surface area contributed by atoms with Crippen LogP contribution in [0.3, 0.4) is 0 Å². The average molecular weight is 529 g/mol. The Morgan fingerprint density at radius 2 is 1.54 bits per heavy atom. The molecule has 5 rings (SSSR count). The number of amides is 1. The molecule has 0 bridgehead atoms. The minimum atomic E-state index is -4.43. The summed E-state index contributed by atoms with van der Waals surface area (Å²) in [6.45, 7) is 1.33. The molecule has 1 amide bonds. The van der Waals surface area contributed by atoms with Crippen molar-refractivity contribution in [3.63, 3.8) is 0 Å². The number of piperazine rings is 1. The molecule has 5 nitrogen and oxygen atoms in total. The first kappa shape index (κ1) is 24.8. The van der Waals surface area contributed by atoms with Gasteiger partial charge in [0.2, 0.25) is 0 Å². The van der Waals surface area contributed by atoms with Crippen LogP contribution in [0.1, 0.15) is 16.1 Å². The molecule has 1 aliphatic rings. The Bertz CT molecular complexity index is 1430. The minimum Gasteiger partial charge on any atom is -0.368 e. The molecule has 0 saturated carbocycles. The van der Waals surface area contributed by atoms with Gasteiger partial charge in [0.05, 0.1) is 16.9 Å². The topological polar surface area (TPSA) is 41.4 Å². The van der Waals surface area contributed by atoms with E-state index in [1.807, 2.05) is 4.90 Å². The second-order valence-corrected chi connectivity index (χ2v) is 9.05. The van der Waals surface area contributed by atoms with E-state index in [1.165, 1.54) is 16.8 Å². The first-order chi connectivity index (χ1) is 17.7. The molecule has 0 N–H and O–H groups in total. The Balaban J connectivity index is 1.41. The first-order valence-electron chi connectivity index (χ1n) is 11.5. The van der Waals surface area contributed by atoms with Crippen molar-refractivity contribution < 1.29 is 22.4 Å². The zero-order valence-electron chi connectivity index (χ0n) is 19.4. The Morgan fingerprint density at radius 3 is 2.22 bits per heavy atom. The van der Waals surface area contributed by atoms with E-state index >= 15 is 0 Å². The smallest absolute Gasteiger partial charge is 0.368 e. The van der Waals surface area contributed by atoms with Crippen molar-refractivity contribution >= 4 is 23.2 Å². The Morgan fingerprint density at radius 1 is 0.838 bits per heavy atom. The van der Waals surface area contributed by atoms with Gasteiger partial charge in [-0.05, 0) is 60.7 Å². The predicted octanol–water partition coefficient (Wildman–Crippen LogP) is 6.31. The fraction of sp³-hybridized carbons (Fsp3) is 0.185. The Labute approximate surface area is 215 Å². The van der Waals surface area contributed by atoms with E-state index < -0.39 is 17.6 Å². The Hall–Kier alpha value is -3.85. The average Bonchev–Trinajstić information content (AvgIpc) is 3.34. The quantitative estimate of drug-likeness (QED) is 0.291. The van der Waals surface area contributed by atoms with Gasteiger partial charge in [0, 0.05) is 42.5 Å². The summed E-state index contributed by atoms with van der Waals surface area (Å²) in [5.74, 6) is -0.773. The second-order valence-electron chi connectivity index (χ2n) is 8.61. The number of anilines is 1. The molecule has 1 aliphatic heterocycles. The Kier molecular flexibility index (Phi) is 6.64. The van der Waals surface area contributed by atoms with E-state index in [1.54, 1.807) is 59.5 Å². The van der Waals surface area contributed by atoms with E-state index in [0.717, 1.165) is 12.1 Å². The number of carbonyl (C=O) groups excluding carboxylic acids is 1. The van der Waals surface area contributed by atoms with Crippen LogP contribution in [0.25, 0.3) is 16.9 Å². The van der Waals surface area contributed by atoms with Crippen molar-refractivity contribution in [2.45, 2.75) is 6.18 Å². The normalized spacial score (nSPS) is 14.2. The van der Waals surface area contributed by atoms with E-state index in [9.17, 15) is 22.4 Å². The molecule has 0 radical (unpaired) electrons. The maximum Gasteiger partial charge on any atom is 0.416 e. The highest BCUT2D eigenvalue weighted by molar-refractivity contribution is 6.30. The highest BCUT2D eigenvalue weighted by Gasteiger charge is 2.32. The molecule has 0 unspecified atom stereocenters. The van der Waals surface area contributed by atoms with E-state index in [4.69, 9.17) is 11.6 Å². The number of halogens is 5. The van der Waals surface area contributed by atoms with Crippen LogP contribution >= 0.6 is 11.6 Å². The summed E-state index contributed by atoms with van der Waals surface area (Å²) in [6.07, 6.45) is -4.43. The van der Waals surface area contributed by atoms with Crippen molar-refractivity contribution in [2.75, 3.05) is 31.1 Å². The molecule has 0 aliphatic carbocycles. The summed E-state index contributed by atoms with van der Waals surface area (Å²) < 4.78 is 55.3. The second kappa shape index (κ2) is 9.89. The SMILES string of the molecule is O=C(c1cc(-c2ccccc2F)nn1-c1ccc(Cl)cc1)N1CCN(c2cccc(C(F)(F)F)c2)CC1. The van der Waals surface area contributed by atoms with Crippen LogP contribution in [-0.4, -0.2) is 46.8 Å². The zero-order valence-corrected chi connectivity index (χ0v) is 20.2. The largest absolute Gasteiger partial charge is 0.416 e. The van der Waals surface area contributed by atoms with Gasteiger partial charge in [-0.2, -0.15) is 18.3 Å². The molecule has 190 valence electrons. The van der Waals surface area contributed by atoms with Gasteiger partial charge >= 0.3 is 6.18 Å². The van der Waals surface area contributed by atoms with Gasteiger partial charge in [-0.25, -0.2) is 9.07 Å². The summed E-state index contributed by atoms with van der Waals surface area (Å²) >= 11 is 6.02. The van der Waals surface area contributed by atoms with Crippen LogP contribution in [-0.2, 0) is 6.18 Å². The number of aromatic nitrogens is 2. The van der Waals surface area contributed by atoms with Crippen molar-refractivity contribution in [2.24, 2.45) is 0 Å². The van der Waals surface area contributed by atoms with Gasteiger partial charge in [-0.15, -0.1) is 0 Å². The summed E-state index contributed by atoms with van der Waals surface area (Å²) in [7, 11) is 0. The lowest BCUT2D eigenvalue weighted by Crippen LogP contribution is -2.49. The lowest BCUT2D eigenvalue weighted by atomic mass is 10.1. The number of carbonyl (C=O) groups is 1. The zero-order chi connectivity index (χ0) is 26.2. The predicted molar refractivity (Wildman–Crippen MR) is 134 cm³/mol. The molecule has 2 heterocycles. The van der Waals surface area contributed by atoms with E-state index in [-0.39, 0.29) is 17.2 Å². The molecular weight excluding hydrogens is 508 g/mol. The minimum absolute atomic E-state index is 0.244. The van der Waals surface area contributed by atoms with Crippen LogP contribution in [0.5, 0.6) is 0 Å². The first-order valence-corrected chi connectivity index (χ1v) is 11.9. The molecule has 4 aromatic rings. The summed E-state index contributed by atoms with van der Waals surface area (Å²) in [4.78, 5) is 17.0. The number of hydrogen-bond donors (Lipinski definition) is 0. The van der Waals surface area contributed by atoms with Crippen LogP contribution in [0.15, 0.2) is 78.9 Å². The van der Waals surface area contributed by atoms with Crippen LogP contribution < -0.4 is 4.90 Å². The maximum atomic E-state index is 14.5. The molecule has 0 spiro atoms. The molecular formula is C27H21ClF4N4O. The van der Waals surface area contributed by atoms with Crippen molar-refractivity contribution in [3.05, 3.63) is 101 Å². The number of nitrogens with zero attached hydrogens (tertiary/aromatic N) is 4.